The number of aromatic nitrogens is 2. The Labute approximate surface area is 169 Å². The highest BCUT2D eigenvalue weighted by Crippen LogP contribution is 2.38. The average Bonchev–Trinajstić information content (AvgIpc) is 2.89. The Morgan fingerprint density at radius 2 is 1.78 bits per heavy atom. The summed E-state index contributed by atoms with van der Waals surface area (Å²) in [5.74, 6) is 0.269. The minimum absolute atomic E-state index is 0.0367. The van der Waals surface area contributed by atoms with E-state index >= 15 is 0 Å². The van der Waals surface area contributed by atoms with E-state index in [1.54, 1.807) is 6.92 Å². The molecule has 0 radical (unpaired) electrons. The molecule has 0 saturated carbocycles. The zero-order chi connectivity index (χ0) is 19.8. The van der Waals surface area contributed by atoms with Gasteiger partial charge in [-0.15, -0.1) is 10.2 Å². The fraction of sp³-hybridized carbons (Fsp3) is 0.0625. The number of halogens is 3. The molecule has 2 N–H and O–H groups in total. The summed E-state index contributed by atoms with van der Waals surface area (Å²) >= 11 is 12.0. The van der Waals surface area contributed by atoms with Crippen LogP contribution in [-0.2, 0) is 9.05 Å². The predicted molar refractivity (Wildman–Crippen MR) is 106 cm³/mol. The third kappa shape index (κ3) is 4.08. The lowest BCUT2D eigenvalue weighted by atomic mass is 10.3. The largest absolute Gasteiger partial charge is 0.382 e. The second-order valence-electron chi connectivity index (χ2n) is 5.44. The molecule has 0 aliphatic carbocycles. The number of nitrogens with two attached hydrogens (primary N) is 1. The Balaban J connectivity index is 2.06. The summed E-state index contributed by atoms with van der Waals surface area (Å²) in [4.78, 5) is -0.350. The first-order valence-electron chi connectivity index (χ1n) is 7.44. The van der Waals surface area contributed by atoms with E-state index in [1.807, 2.05) is 30.3 Å². The van der Waals surface area contributed by atoms with Gasteiger partial charge in [-0.1, -0.05) is 41.4 Å². The van der Waals surface area contributed by atoms with Crippen LogP contribution in [0.25, 0.3) is 5.69 Å². The van der Waals surface area contributed by atoms with Crippen LogP contribution >= 0.6 is 33.9 Å². The van der Waals surface area contributed by atoms with Crippen LogP contribution < -0.4 is 5.73 Å². The van der Waals surface area contributed by atoms with Gasteiger partial charge in [-0.3, -0.25) is 0 Å². The van der Waals surface area contributed by atoms with E-state index in [2.05, 4.69) is 15.3 Å². The fourth-order valence-corrected chi connectivity index (χ4v) is 4.13. The van der Waals surface area contributed by atoms with Crippen LogP contribution in [0.4, 0.5) is 17.2 Å². The average molecular weight is 445 g/mol. The number of nitrogens with zero attached hydrogens (tertiary/aromatic N) is 4. The van der Waals surface area contributed by atoms with Crippen LogP contribution in [-0.4, -0.2) is 18.2 Å². The number of azo groups is 1. The SMILES string of the molecule is Cc1nn(-c2ccccc2)c(N)c1N=Nc1cc(Cl)cc(S(=O)(=O)Cl)c1Cl. The van der Waals surface area contributed by atoms with Crippen molar-refractivity contribution >= 4 is 60.1 Å². The number of hydrogen-bond acceptors (Lipinski definition) is 6. The van der Waals surface area contributed by atoms with Gasteiger partial charge in [0.1, 0.15) is 10.6 Å². The first kappa shape index (κ1) is 19.6. The molecule has 1 heterocycles. The molecule has 3 aromatic rings. The van der Waals surface area contributed by atoms with Gasteiger partial charge < -0.3 is 5.73 Å². The van der Waals surface area contributed by atoms with Gasteiger partial charge in [-0.25, -0.2) is 13.1 Å². The van der Waals surface area contributed by atoms with Crippen LogP contribution in [0.1, 0.15) is 5.69 Å². The summed E-state index contributed by atoms with van der Waals surface area (Å²) < 4.78 is 24.8. The van der Waals surface area contributed by atoms with Crippen LogP contribution in [0, 0.1) is 6.92 Å². The van der Waals surface area contributed by atoms with Crippen molar-refractivity contribution in [1.82, 2.24) is 9.78 Å². The molecule has 0 aliphatic rings. The third-order valence-corrected chi connectivity index (χ3v) is 5.64. The van der Waals surface area contributed by atoms with Crippen LogP contribution in [0.5, 0.6) is 0 Å². The van der Waals surface area contributed by atoms with Gasteiger partial charge in [0, 0.05) is 15.7 Å². The summed E-state index contributed by atoms with van der Waals surface area (Å²) in [6.45, 7) is 1.72. The maximum atomic E-state index is 11.6. The molecule has 0 saturated heterocycles. The van der Waals surface area contributed by atoms with Gasteiger partial charge in [0.15, 0.2) is 11.5 Å². The van der Waals surface area contributed by atoms with E-state index < -0.39 is 9.05 Å². The van der Waals surface area contributed by atoms with E-state index in [4.69, 9.17) is 39.6 Å². The van der Waals surface area contributed by atoms with Gasteiger partial charge in [0.05, 0.1) is 16.4 Å². The van der Waals surface area contributed by atoms with Crippen molar-refractivity contribution in [2.75, 3.05) is 5.73 Å². The zero-order valence-electron chi connectivity index (χ0n) is 13.8. The van der Waals surface area contributed by atoms with E-state index in [-0.39, 0.29) is 26.4 Å². The first-order valence-corrected chi connectivity index (χ1v) is 10.5. The molecule has 1 aromatic heterocycles. The first-order chi connectivity index (χ1) is 12.7. The third-order valence-electron chi connectivity index (χ3n) is 3.57. The summed E-state index contributed by atoms with van der Waals surface area (Å²) in [5.41, 5.74) is 7.79. The van der Waals surface area contributed by atoms with Gasteiger partial charge >= 0.3 is 0 Å². The lowest BCUT2D eigenvalue weighted by Gasteiger charge is -2.04. The topological polar surface area (TPSA) is 103 Å². The van der Waals surface area contributed by atoms with Crippen LogP contribution in [0.3, 0.4) is 0 Å². The molecule has 0 spiro atoms. The normalized spacial score (nSPS) is 12.0. The Hall–Kier alpha value is -2.13. The lowest BCUT2D eigenvalue weighted by Crippen LogP contribution is -2.01. The molecule has 0 amide bonds. The van der Waals surface area contributed by atoms with Gasteiger partial charge in [0.25, 0.3) is 9.05 Å². The Bertz CT molecular complexity index is 1140. The fourth-order valence-electron chi connectivity index (χ4n) is 2.33. The molecule has 0 atom stereocenters. The van der Waals surface area contributed by atoms with E-state index in [9.17, 15) is 8.42 Å². The molecule has 0 fully saturated rings. The zero-order valence-corrected chi connectivity index (χ0v) is 16.9. The number of para-hydroxylation sites is 1. The maximum Gasteiger partial charge on any atom is 0.262 e. The van der Waals surface area contributed by atoms with Crippen LogP contribution in [0.2, 0.25) is 10.0 Å². The van der Waals surface area contributed by atoms with E-state index in [0.29, 0.717) is 11.4 Å². The molecule has 27 heavy (non-hydrogen) atoms. The van der Waals surface area contributed by atoms with Crippen LogP contribution in [0.15, 0.2) is 57.6 Å². The number of anilines is 1. The highest BCUT2D eigenvalue weighted by molar-refractivity contribution is 8.13. The molecule has 0 unspecified atom stereocenters. The van der Waals surface area contributed by atoms with Crippen molar-refractivity contribution in [2.45, 2.75) is 11.8 Å². The second kappa shape index (κ2) is 7.47. The maximum absolute atomic E-state index is 11.6. The highest BCUT2D eigenvalue weighted by atomic mass is 35.7. The summed E-state index contributed by atoms with van der Waals surface area (Å²) in [6, 6.07) is 11.8. The lowest BCUT2D eigenvalue weighted by molar-refractivity contribution is 0.609. The molecule has 3 rings (SSSR count). The number of hydrogen-bond donors (Lipinski definition) is 1. The summed E-state index contributed by atoms with van der Waals surface area (Å²) in [7, 11) is 1.27. The van der Waals surface area contributed by atoms with Crippen molar-refractivity contribution in [3.63, 3.8) is 0 Å². The molecule has 11 heteroatoms. The van der Waals surface area contributed by atoms with Gasteiger partial charge in [0.2, 0.25) is 0 Å². The molecule has 0 aliphatic heterocycles. The number of aryl methyl sites for hydroxylation is 1. The smallest absolute Gasteiger partial charge is 0.262 e. The molecular formula is C16H12Cl3N5O2S. The van der Waals surface area contributed by atoms with Crippen molar-refractivity contribution in [1.29, 1.82) is 0 Å². The molecule has 140 valence electrons. The van der Waals surface area contributed by atoms with Gasteiger partial charge in [-0.05, 0) is 31.2 Å². The Morgan fingerprint density at radius 3 is 2.41 bits per heavy atom. The quantitative estimate of drug-likeness (QED) is 0.429. The van der Waals surface area contributed by atoms with Crippen molar-refractivity contribution in [3.05, 3.63) is 58.2 Å². The second-order valence-corrected chi connectivity index (χ2v) is 8.79. The Kier molecular flexibility index (Phi) is 5.43. The standard InChI is InChI=1S/C16H12Cl3N5O2S/c1-9-15(16(20)24(23-9)11-5-3-2-4-6-11)22-21-12-7-10(17)8-13(14(12)18)27(19,25)26/h2-8H,20H2,1H3. The summed E-state index contributed by atoms with van der Waals surface area (Å²) in [6.07, 6.45) is 0. The minimum Gasteiger partial charge on any atom is -0.382 e. The number of benzene rings is 2. The van der Waals surface area contributed by atoms with Crippen molar-refractivity contribution in [2.24, 2.45) is 10.2 Å². The molecular weight excluding hydrogens is 433 g/mol. The number of nitrogen functional groups attached to an aromatic ring is 1. The highest BCUT2D eigenvalue weighted by Gasteiger charge is 2.20. The molecule has 7 nitrogen and oxygen atoms in total. The van der Waals surface area contributed by atoms with E-state index in [0.717, 1.165) is 11.8 Å². The number of rotatable bonds is 4. The predicted octanol–water partition coefficient (Wildman–Crippen LogP) is 5.41. The van der Waals surface area contributed by atoms with Gasteiger partial charge in [-0.2, -0.15) is 5.10 Å². The Morgan fingerprint density at radius 1 is 1.11 bits per heavy atom. The summed E-state index contributed by atoms with van der Waals surface area (Å²) in [5, 5.41) is 12.3. The van der Waals surface area contributed by atoms with Crippen molar-refractivity contribution < 1.29 is 8.42 Å². The molecule has 0 bridgehead atoms. The minimum atomic E-state index is -4.10. The molecule has 2 aromatic carbocycles. The van der Waals surface area contributed by atoms with Crippen molar-refractivity contribution in [3.8, 4) is 5.69 Å². The van der Waals surface area contributed by atoms with E-state index in [1.165, 1.54) is 10.7 Å². The monoisotopic (exact) mass is 443 g/mol.